The summed E-state index contributed by atoms with van der Waals surface area (Å²) < 4.78 is 32.8. The van der Waals surface area contributed by atoms with Gasteiger partial charge in [-0.15, -0.1) is 0 Å². The van der Waals surface area contributed by atoms with E-state index in [1.807, 2.05) is 26.2 Å². The highest BCUT2D eigenvalue weighted by molar-refractivity contribution is 7.98. The maximum atomic E-state index is 12.3. The first-order valence-corrected chi connectivity index (χ1v) is 11.1. The molecule has 0 fully saturated rings. The molecule has 0 atom stereocenters. The number of nitrogens with one attached hydrogen (secondary N) is 2. The van der Waals surface area contributed by atoms with Crippen molar-refractivity contribution in [2.24, 2.45) is 4.99 Å². The van der Waals surface area contributed by atoms with Crippen LogP contribution >= 0.6 is 11.8 Å². The highest BCUT2D eigenvalue weighted by Crippen LogP contribution is 2.16. The largest absolute Gasteiger partial charge is 0.464 e. The lowest BCUT2D eigenvalue weighted by atomic mass is 10.4. The van der Waals surface area contributed by atoms with Crippen molar-refractivity contribution in [2.45, 2.75) is 17.2 Å². The summed E-state index contributed by atoms with van der Waals surface area (Å²) in [5.41, 5.74) is 0. The van der Waals surface area contributed by atoms with Crippen molar-refractivity contribution in [1.82, 2.24) is 14.9 Å². The summed E-state index contributed by atoms with van der Waals surface area (Å²) >= 11 is 1.70. The fraction of sp³-hybridized carbons (Fsp3) is 0.389. The number of aliphatic imine (C=N–C) groups is 1. The number of guanidine groups is 1. The van der Waals surface area contributed by atoms with Crippen LogP contribution in [0.15, 0.2) is 56.8 Å². The Balaban J connectivity index is 1.73. The summed E-state index contributed by atoms with van der Waals surface area (Å²) in [5.74, 6) is 3.67. The molecule has 0 aliphatic carbocycles. The maximum absolute atomic E-state index is 12.3. The minimum Gasteiger partial charge on any atom is -0.464 e. The molecule has 2 N–H and O–H groups in total. The van der Waals surface area contributed by atoms with E-state index >= 15 is 0 Å². The summed E-state index contributed by atoms with van der Waals surface area (Å²) in [6.07, 6.45) is 0. The fourth-order valence-electron chi connectivity index (χ4n) is 2.26. The van der Waals surface area contributed by atoms with E-state index in [0.717, 1.165) is 29.6 Å². The van der Waals surface area contributed by atoms with E-state index < -0.39 is 10.0 Å². The molecule has 2 rings (SSSR count). The predicted octanol–water partition coefficient (Wildman–Crippen LogP) is 2.13. The summed E-state index contributed by atoms with van der Waals surface area (Å²) in [4.78, 5) is 6.23. The first-order chi connectivity index (χ1) is 12.9. The normalized spacial score (nSPS) is 12.4. The first-order valence-electron chi connectivity index (χ1n) is 8.49. The zero-order chi connectivity index (χ0) is 19.7. The second kappa shape index (κ2) is 10.4. The number of rotatable bonds is 9. The van der Waals surface area contributed by atoms with Crippen molar-refractivity contribution in [2.75, 3.05) is 33.4 Å². The molecule has 0 aliphatic rings. The minimum atomic E-state index is -3.63. The number of benzene rings is 1. The zero-order valence-electron chi connectivity index (χ0n) is 15.8. The van der Waals surface area contributed by atoms with Gasteiger partial charge in [-0.2, -0.15) is 11.8 Å². The molecule has 0 spiro atoms. The van der Waals surface area contributed by atoms with Gasteiger partial charge in [0.1, 0.15) is 11.5 Å². The number of nitrogens with zero attached hydrogens (tertiary/aromatic N) is 2. The Hall–Kier alpha value is -1.97. The van der Waals surface area contributed by atoms with Crippen molar-refractivity contribution in [3.05, 3.63) is 54.0 Å². The molecule has 0 aliphatic heterocycles. The van der Waals surface area contributed by atoms with E-state index in [4.69, 9.17) is 4.42 Å². The van der Waals surface area contributed by atoms with Crippen LogP contribution in [0.4, 0.5) is 0 Å². The zero-order valence-corrected chi connectivity index (χ0v) is 17.4. The number of hydrogen-bond donors (Lipinski definition) is 2. The lowest BCUT2D eigenvalue weighted by molar-refractivity contribution is 0.344. The molecule has 0 radical (unpaired) electrons. The van der Waals surface area contributed by atoms with Gasteiger partial charge in [0.2, 0.25) is 5.96 Å². The Morgan fingerprint density at radius 2 is 1.85 bits per heavy atom. The molecular formula is C18H26N4O3S2. The van der Waals surface area contributed by atoms with Gasteiger partial charge in [-0.25, -0.2) is 13.1 Å². The van der Waals surface area contributed by atoms with Crippen LogP contribution in [0.3, 0.4) is 0 Å². The van der Waals surface area contributed by atoms with Crippen LogP contribution in [0, 0.1) is 0 Å². The summed E-state index contributed by atoms with van der Waals surface area (Å²) in [6.45, 7) is 1.37. The summed E-state index contributed by atoms with van der Waals surface area (Å²) in [7, 11) is 1.91. The predicted molar refractivity (Wildman–Crippen MR) is 110 cm³/mol. The van der Waals surface area contributed by atoms with Crippen molar-refractivity contribution < 1.29 is 12.8 Å². The Morgan fingerprint density at radius 3 is 2.52 bits per heavy atom. The second-order valence-electron chi connectivity index (χ2n) is 6.08. The van der Waals surface area contributed by atoms with Gasteiger partial charge in [0.05, 0.1) is 17.2 Å². The molecule has 0 unspecified atom stereocenters. The van der Waals surface area contributed by atoms with E-state index in [-0.39, 0.29) is 10.9 Å². The molecule has 9 heteroatoms. The van der Waals surface area contributed by atoms with Gasteiger partial charge in [0.15, 0.2) is 0 Å². The minimum absolute atomic E-state index is 0.202. The van der Waals surface area contributed by atoms with E-state index in [1.165, 1.54) is 7.05 Å². The molecule has 148 valence electrons. The monoisotopic (exact) mass is 410 g/mol. The summed E-state index contributed by atoms with van der Waals surface area (Å²) in [5, 5.41) is 3.01. The van der Waals surface area contributed by atoms with E-state index in [9.17, 15) is 8.42 Å². The molecule has 0 amide bonds. The lowest BCUT2D eigenvalue weighted by Crippen LogP contribution is -2.41. The number of furan rings is 1. The first kappa shape index (κ1) is 21.3. The van der Waals surface area contributed by atoms with Crippen LogP contribution in [-0.4, -0.2) is 52.7 Å². The third-order valence-corrected chi connectivity index (χ3v) is 5.82. The van der Waals surface area contributed by atoms with Gasteiger partial charge < -0.3 is 14.6 Å². The Morgan fingerprint density at radius 1 is 1.15 bits per heavy atom. The molecule has 0 saturated carbocycles. The van der Waals surface area contributed by atoms with Crippen molar-refractivity contribution in [1.29, 1.82) is 0 Å². The molecule has 1 aromatic heterocycles. The second-order valence-corrected chi connectivity index (χ2v) is 8.86. The average Bonchev–Trinajstić information content (AvgIpc) is 3.07. The molecule has 0 saturated heterocycles. The molecule has 7 nitrogen and oxygen atoms in total. The fourth-order valence-corrected chi connectivity index (χ4v) is 4.06. The Bertz CT molecular complexity index is 833. The number of hydrogen-bond acceptors (Lipinski definition) is 6. The van der Waals surface area contributed by atoms with Crippen LogP contribution in [0.25, 0.3) is 0 Å². The topological polar surface area (TPSA) is 86.9 Å². The summed E-state index contributed by atoms with van der Waals surface area (Å²) in [6, 6.07) is 12.2. The van der Waals surface area contributed by atoms with E-state index in [2.05, 4.69) is 19.9 Å². The maximum Gasteiger partial charge on any atom is 0.264 e. The molecule has 1 aromatic carbocycles. The van der Waals surface area contributed by atoms with Crippen LogP contribution in [-0.2, 0) is 22.3 Å². The third-order valence-electron chi connectivity index (χ3n) is 3.48. The van der Waals surface area contributed by atoms with Gasteiger partial charge in [-0.05, 0) is 38.4 Å². The Kier molecular flexibility index (Phi) is 8.21. The van der Waals surface area contributed by atoms with Gasteiger partial charge in [-0.3, -0.25) is 4.99 Å². The highest BCUT2D eigenvalue weighted by atomic mass is 32.2. The molecule has 2 aromatic rings. The van der Waals surface area contributed by atoms with Crippen LogP contribution in [0.5, 0.6) is 0 Å². The third kappa shape index (κ3) is 7.28. The number of sulfonamides is 1. The molecule has 1 heterocycles. The Labute approximate surface area is 165 Å². The van der Waals surface area contributed by atoms with E-state index in [1.54, 1.807) is 42.1 Å². The molecule has 27 heavy (non-hydrogen) atoms. The van der Waals surface area contributed by atoms with Crippen molar-refractivity contribution >= 4 is 27.7 Å². The van der Waals surface area contributed by atoms with Gasteiger partial charge in [0, 0.05) is 19.3 Å². The average molecular weight is 411 g/mol. The lowest BCUT2D eigenvalue weighted by Gasteiger charge is -2.12. The molecule has 0 bridgehead atoms. The standard InChI is InChI=1S/C18H26N4O3S2/c1-19-18(21-27(23,24)17-7-5-4-6-8-17)20-11-12-26-14-16-10-9-15(25-16)13-22(2)3/h4-10H,11-14H2,1-3H3,(H2,19,20,21). The van der Waals surface area contributed by atoms with Crippen LogP contribution in [0.2, 0.25) is 0 Å². The number of thioether (sulfide) groups is 1. The van der Waals surface area contributed by atoms with Crippen LogP contribution in [0.1, 0.15) is 11.5 Å². The van der Waals surface area contributed by atoms with Crippen molar-refractivity contribution in [3.63, 3.8) is 0 Å². The van der Waals surface area contributed by atoms with Gasteiger partial charge in [-0.1, -0.05) is 18.2 Å². The van der Waals surface area contributed by atoms with E-state index in [0.29, 0.717) is 6.54 Å². The van der Waals surface area contributed by atoms with Crippen molar-refractivity contribution in [3.8, 4) is 0 Å². The highest BCUT2D eigenvalue weighted by Gasteiger charge is 2.15. The smallest absolute Gasteiger partial charge is 0.264 e. The van der Waals surface area contributed by atoms with Gasteiger partial charge in [0.25, 0.3) is 10.0 Å². The van der Waals surface area contributed by atoms with Crippen LogP contribution < -0.4 is 10.0 Å². The SMILES string of the molecule is C/N=C(/NCCSCc1ccc(CN(C)C)o1)NS(=O)(=O)c1ccccc1. The van der Waals surface area contributed by atoms with Gasteiger partial charge >= 0.3 is 0 Å². The molecular weight excluding hydrogens is 384 g/mol. The quantitative estimate of drug-likeness (QED) is 0.374.